The van der Waals surface area contributed by atoms with Crippen molar-refractivity contribution in [1.29, 1.82) is 0 Å². The molecule has 1 unspecified atom stereocenters. The van der Waals surface area contributed by atoms with Crippen molar-refractivity contribution in [2.75, 3.05) is 11.5 Å². The quantitative estimate of drug-likeness (QED) is 0.775. The Balaban J connectivity index is 1.79. The van der Waals surface area contributed by atoms with Gasteiger partial charge in [0.05, 0.1) is 24.5 Å². The van der Waals surface area contributed by atoms with Crippen molar-refractivity contribution in [3.05, 3.63) is 30.1 Å². The summed E-state index contributed by atoms with van der Waals surface area (Å²) in [4.78, 5) is 14.2. The minimum Gasteiger partial charge on any atom is -0.492 e. The molecule has 1 fully saturated rings. The third kappa shape index (κ3) is 3.47. The van der Waals surface area contributed by atoms with Crippen LogP contribution < -0.4 is 9.64 Å². The lowest BCUT2D eigenvalue weighted by molar-refractivity contribution is -0.117. The number of carbonyl (C=O) groups excluding carboxylic acids is 1. The highest BCUT2D eigenvalue weighted by Gasteiger charge is 2.30. The number of fused-ring (bicyclic) bond motifs is 1. The standard InChI is InChI=1S/C22H29N3O2/c1-14(2)13-27-22-19(17-11-23-24(12-17)18-6-7-18)9-10-21-20(22)8-5-15(3)25(21)16(4)26/h9-12,14-15,18H,5-8,13H2,1-4H3. The van der Waals surface area contributed by atoms with E-state index in [0.717, 1.165) is 41.0 Å². The predicted molar refractivity (Wildman–Crippen MR) is 107 cm³/mol. The Morgan fingerprint density at radius 2 is 2.07 bits per heavy atom. The normalized spacial score (nSPS) is 19.3. The third-order valence-electron chi connectivity index (χ3n) is 5.48. The van der Waals surface area contributed by atoms with E-state index in [9.17, 15) is 4.79 Å². The first-order valence-corrected chi connectivity index (χ1v) is 10.1. The molecule has 2 aliphatic rings. The maximum absolute atomic E-state index is 12.3. The van der Waals surface area contributed by atoms with Gasteiger partial charge in [-0.2, -0.15) is 5.10 Å². The molecule has 1 saturated carbocycles. The Hall–Kier alpha value is -2.30. The number of benzene rings is 1. The van der Waals surface area contributed by atoms with Crippen molar-refractivity contribution in [3.8, 4) is 16.9 Å². The minimum absolute atomic E-state index is 0.0903. The van der Waals surface area contributed by atoms with Gasteiger partial charge in [-0.1, -0.05) is 13.8 Å². The summed E-state index contributed by atoms with van der Waals surface area (Å²) in [7, 11) is 0. The second-order valence-electron chi connectivity index (χ2n) is 8.36. The highest BCUT2D eigenvalue weighted by atomic mass is 16.5. The van der Waals surface area contributed by atoms with Crippen molar-refractivity contribution in [2.45, 2.75) is 65.5 Å². The zero-order valence-electron chi connectivity index (χ0n) is 16.7. The molecular weight excluding hydrogens is 338 g/mol. The van der Waals surface area contributed by atoms with E-state index in [4.69, 9.17) is 4.74 Å². The zero-order valence-corrected chi connectivity index (χ0v) is 16.7. The van der Waals surface area contributed by atoms with E-state index >= 15 is 0 Å². The van der Waals surface area contributed by atoms with Crippen LogP contribution in [0.15, 0.2) is 24.5 Å². The third-order valence-corrected chi connectivity index (χ3v) is 5.48. The molecule has 5 heteroatoms. The van der Waals surface area contributed by atoms with E-state index in [2.05, 4.69) is 48.9 Å². The molecule has 4 rings (SSSR count). The van der Waals surface area contributed by atoms with Gasteiger partial charge in [0.2, 0.25) is 5.91 Å². The van der Waals surface area contributed by atoms with Gasteiger partial charge >= 0.3 is 0 Å². The van der Waals surface area contributed by atoms with Crippen molar-refractivity contribution in [1.82, 2.24) is 9.78 Å². The van der Waals surface area contributed by atoms with Crippen molar-refractivity contribution in [3.63, 3.8) is 0 Å². The summed E-state index contributed by atoms with van der Waals surface area (Å²) < 4.78 is 8.40. The van der Waals surface area contributed by atoms with Crippen LogP contribution in [0.5, 0.6) is 5.75 Å². The largest absolute Gasteiger partial charge is 0.492 e. The number of hydrogen-bond acceptors (Lipinski definition) is 3. The number of anilines is 1. The lowest BCUT2D eigenvalue weighted by atomic mass is 9.92. The summed E-state index contributed by atoms with van der Waals surface area (Å²) in [5.74, 6) is 1.46. The van der Waals surface area contributed by atoms with Crippen molar-refractivity contribution >= 4 is 11.6 Å². The zero-order chi connectivity index (χ0) is 19.1. The monoisotopic (exact) mass is 367 g/mol. The van der Waals surface area contributed by atoms with E-state index < -0.39 is 0 Å². The Kier molecular flexibility index (Phi) is 4.70. The van der Waals surface area contributed by atoms with Gasteiger partial charge in [0.25, 0.3) is 0 Å². The maximum Gasteiger partial charge on any atom is 0.224 e. The van der Waals surface area contributed by atoms with Crippen molar-refractivity contribution < 1.29 is 9.53 Å². The Morgan fingerprint density at radius 3 is 2.74 bits per heavy atom. The molecule has 5 nitrogen and oxygen atoms in total. The fraction of sp³-hybridized carbons (Fsp3) is 0.545. The average molecular weight is 367 g/mol. The molecular formula is C22H29N3O2. The van der Waals surface area contributed by atoms with Crippen LogP contribution in [0.2, 0.25) is 0 Å². The van der Waals surface area contributed by atoms with E-state index in [1.807, 2.05) is 11.1 Å². The number of carbonyl (C=O) groups is 1. The molecule has 1 aliphatic carbocycles. The van der Waals surface area contributed by atoms with E-state index in [1.165, 1.54) is 12.8 Å². The molecule has 1 atom stereocenters. The number of rotatable bonds is 5. The number of hydrogen-bond donors (Lipinski definition) is 0. The number of ether oxygens (including phenoxy) is 1. The summed E-state index contributed by atoms with van der Waals surface area (Å²) in [5, 5.41) is 4.55. The molecule has 2 heterocycles. The van der Waals surface area contributed by atoms with Gasteiger partial charge in [-0.15, -0.1) is 0 Å². The van der Waals surface area contributed by atoms with Crippen LogP contribution in [0.1, 0.15) is 58.6 Å². The first-order valence-electron chi connectivity index (χ1n) is 10.1. The van der Waals surface area contributed by atoms with Crippen LogP contribution in [-0.4, -0.2) is 28.3 Å². The molecule has 1 aliphatic heterocycles. The summed E-state index contributed by atoms with van der Waals surface area (Å²) >= 11 is 0. The molecule has 0 bridgehead atoms. The summed E-state index contributed by atoms with van der Waals surface area (Å²) in [6, 6.07) is 4.96. The molecule has 144 valence electrons. The molecule has 0 N–H and O–H groups in total. The molecule has 0 spiro atoms. The van der Waals surface area contributed by atoms with E-state index in [0.29, 0.717) is 18.6 Å². The fourth-order valence-electron chi connectivity index (χ4n) is 3.94. The first kappa shape index (κ1) is 18.1. The van der Waals surface area contributed by atoms with Gasteiger partial charge in [-0.25, -0.2) is 0 Å². The topological polar surface area (TPSA) is 47.4 Å². The van der Waals surface area contributed by atoms with E-state index in [1.54, 1.807) is 6.92 Å². The van der Waals surface area contributed by atoms with Crippen LogP contribution in [-0.2, 0) is 11.2 Å². The van der Waals surface area contributed by atoms with Crippen LogP contribution in [0.25, 0.3) is 11.1 Å². The Morgan fingerprint density at radius 1 is 1.30 bits per heavy atom. The first-order chi connectivity index (χ1) is 13.0. The highest BCUT2D eigenvalue weighted by Crippen LogP contribution is 2.44. The fourth-order valence-corrected chi connectivity index (χ4v) is 3.94. The number of amides is 1. The summed E-state index contributed by atoms with van der Waals surface area (Å²) in [5.41, 5.74) is 4.33. The lowest BCUT2D eigenvalue weighted by Gasteiger charge is -2.36. The van der Waals surface area contributed by atoms with Crippen LogP contribution >= 0.6 is 0 Å². The van der Waals surface area contributed by atoms with Crippen LogP contribution in [0.4, 0.5) is 5.69 Å². The van der Waals surface area contributed by atoms with Gasteiger partial charge in [0, 0.05) is 35.9 Å². The lowest BCUT2D eigenvalue weighted by Crippen LogP contribution is -2.40. The predicted octanol–water partition coefficient (Wildman–Crippen LogP) is 4.61. The molecule has 1 amide bonds. The summed E-state index contributed by atoms with van der Waals surface area (Å²) in [6.07, 6.45) is 8.39. The average Bonchev–Trinajstić information content (AvgIpc) is 3.36. The molecule has 0 radical (unpaired) electrons. The second kappa shape index (κ2) is 7.02. The molecule has 27 heavy (non-hydrogen) atoms. The number of aromatic nitrogens is 2. The molecule has 2 aromatic rings. The Labute approximate surface area is 161 Å². The van der Waals surface area contributed by atoms with Gasteiger partial charge < -0.3 is 9.64 Å². The van der Waals surface area contributed by atoms with Gasteiger partial charge in [-0.05, 0) is 50.7 Å². The smallest absolute Gasteiger partial charge is 0.224 e. The van der Waals surface area contributed by atoms with E-state index in [-0.39, 0.29) is 11.9 Å². The molecule has 1 aromatic carbocycles. The molecule has 0 saturated heterocycles. The molecule has 1 aromatic heterocycles. The van der Waals surface area contributed by atoms with Crippen molar-refractivity contribution in [2.24, 2.45) is 5.92 Å². The van der Waals surface area contributed by atoms with Crippen LogP contribution in [0.3, 0.4) is 0 Å². The minimum atomic E-state index is 0.0903. The van der Waals surface area contributed by atoms with Gasteiger partial charge in [0.15, 0.2) is 0 Å². The SMILES string of the molecule is CC(=O)N1c2ccc(-c3cnn(C4CC4)c3)c(OCC(C)C)c2CCC1C. The van der Waals surface area contributed by atoms with Gasteiger partial charge in [0.1, 0.15) is 5.75 Å². The van der Waals surface area contributed by atoms with Gasteiger partial charge in [-0.3, -0.25) is 9.48 Å². The maximum atomic E-state index is 12.3. The Bertz CT molecular complexity index is 851. The highest BCUT2D eigenvalue weighted by molar-refractivity contribution is 5.95. The van der Waals surface area contributed by atoms with Crippen LogP contribution in [0, 0.1) is 5.92 Å². The second-order valence-corrected chi connectivity index (χ2v) is 8.36. The summed E-state index contributed by atoms with van der Waals surface area (Å²) in [6.45, 7) is 8.74. The number of nitrogens with zero attached hydrogens (tertiary/aromatic N) is 3.